The lowest BCUT2D eigenvalue weighted by Gasteiger charge is -2.13. The van der Waals surface area contributed by atoms with Crippen LogP contribution in [0.2, 0.25) is 0 Å². The van der Waals surface area contributed by atoms with E-state index in [1.54, 1.807) is 37.6 Å². The minimum atomic E-state index is -0.265. The molecule has 1 N–H and O–H groups in total. The largest absolute Gasteiger partial charge is 0.497 e. The molecule has 3 rings (SSSR count). The average Bonchev–Trinajstić information content (AvgIpc) is 2.69. The smallest absolute Gasteiger partial charge is 0.255 e. The number of rotatable bonds is 7. The topological polar surface area (TPSA) is 69.7 Å². The van der Waals surface area contributed by atoms with Gasteiger partial charge in [-0.15, -0.1) is 0 Å². The summed E-state index contributed by atoms with van der Waals surface area (Å²) in [5, 5.41) is 3.80. The molecule has 140 valence electrons. The highest BCUT2D eigenvalue weighted by atomic mass is 16.5. The second-order valence-corrected chi connectivity index (χ2v) is 5.73. The van der Waals surface area contributed by atoms with Crippen molar-refractivity contribution < 1.29 is 19.0 Å². The van der Waals surface area contributed by atoms with Gasteiger partial charge >= 0.3 is 0 Å². The van der Waals surface area contributed by atoms with Crippen LogP contribution in [0.25, 0.3) is 10.9 Å². The maximum Gasteiger partial charge on any atom is 0.255 e. The van der Waals surface area contributed by atoms with Crippen molar-refractivity contribution in [2.45, 2.75) is 13.8 Å². The van der Waals surface area contributed by atoms with Gasteiger partial charge in [0, 0.05) is 23.2 Å². The van der Waals surface area contributed by atoms with Crippen LogP contribution in [-0.4, -0.2) is 31.2 Å². The predicted molar refractivity (Wildman–Crippen MR) is 105 cm³/mol. The number of nitrogens with one attached hydrogen (secondary N) is 1. The van der Waals surface area contributed by atoms with E-state index in [2.05, 4.69) is 10.3 Å². The summed E-state index contributed by atoms with van der Waals surface area (Å²) in [7, 11) is 1.59. The van der Waals surface area contributed by atoms with Gasteiger partial charge in [-0.25, -0.2) is 0 Å². The molecule has 2 aromatic carbocycles. The predicted octanol–water partition coefficient (Wildman–Crippen LogP) is 4.29. The van der Waals surface area contributed by atoms with Crippen molar-refractivity contribution in [1.82, 2.24) is 4.98 Å². The summed E-state index contributed by atoms with van der Waals surface area (Å²) in [6.45, 7) is 4.79. The molecule has 0 aliphatic rings. The molecule has 0 radical (unpaired) electrons. The van der Waals surface area contributed by atoms with Gasteiger partial charge in [-0.05, 0) is 44.2 Å². The van der Waals surface area contributed by atoms with E-state index in [-0.39, 0.29) is 5.91 Å². The van der Waals surface area contributed by atoms with Crippen molar-refractivity contribution in [3.63, 3.8) is 0 Å². The zero-order chi connectivity index (χ0) is 19.2. The zero-order valence-electron chi connectivity index (χ0n) is 15.6. The van der Waals surface area contributed by atoms with Gasteiger partial charge < -0.3 is 19.5 Å². The standard InChI is InChI=1S/C21H22N2O4/c1-4-26-18-9-8-15(12-19(18)27-5-2)21(24)23-17-13-16(25-3)11-14-7-6-10-22-20(14)17/h6-13H,4-5H2,1-3H3,(H,23,24). The fraction of sp³-hybridized carbons (Fsp3) is 0.238. The average molecular weight is 366 g/mol. The number of hydrogen-bond donors (Lipinski definition) is 1. The first-order valence-corrected chi connectivity index (χ1v) is 8.80. The molecule has 0 aliphatic heterocycles. The first-order chi connectivity index (χ1) is 13.2. The van der Waals surface area contributed by atoms with Gasteiger partial charge in [0.1, 0.15) is 5.75 Å². The molecule has 0 saturated carbocycles. The van der Waals surface area contributed by atoms with Crippen LogP contribution < -0.4 is 19.5 Å². The third-order valence-corrected chi connectivity index (χ3v) is 3.97. The number of pyridine rings is 1. The summed E-state index contributed by atoms with van der Waals surface area (Å²) in [4.78, 5) is 17.2. The first-order valence-electron chi connectivity index (χ1n) is 8.80. The van der Waals surface area contributed by atoms with E-state index in [1.165, 1.54) is 0 Å². The summed E-state index contributed by atoms with van der Waals surface area (Å²) in [6.07, 6.45) is 1.69. The quantitative estimate of drug-likeness (QED) is 0.675. The van der Waals surface area contributed by atoms with Crippen LogP contribution >= 0.6 is 0 Å². The van der Waals surface area contributed by atoms with E-state index < -0.39 is 0 Å². The summed E-state index contributed by atoms with van der Waals surface area (Å²) < 4.78 is 16.5. The Labute approximate surface area is 158 Å². The number of anilines is 1. The number of benzene rings is 2. The van der Waals surface area contributed by atoms with E-state index >= 15 is 0 Å². The number of fused-ring (bicyclic) bond motifs is 1. The van der Waals surface area contributed by atoms with Crippen molar-refractivity contribution in [1.29, 1.82) is 0 Å². The fourth-order valence-corrected chi connectivity index (χ4v) is 2.76. The Morgan fingerprint density at radius 3 is 2.56 bits per heavy atom. The van der Waals surface area contributed by atoms with Gasteiger partial charge in [-0.2, -0.15) is 0 Å². The number of nitrogens with zero attached hydrogens (tertiary/aromatic N) is 1. The number of aromatic nitrogens is 1. The van der Waals surface area contributed by atoms with Crippen LogP contribution in [-0.2, 0) is 0 Å². The molecule has 0 spiro atoms. The van der Waals surface area contributed by atoms with Crippen molar-refractivity contribution in [2.75, 3.05) is 25.6 Å². The Morgan fingerprint density at radius 2 is 1.81 bits per heavy atom. The van der Waals surface area contributed by atoms with E-state index in [9.17, 15) is 4.79 Å². The molecule has 1 amide bonds. The maximum absolute atomic E-state index is 12.8. The molecular weight excluding hydrogens is 344 g/mol. The number of ether oxygens (including phenoxy) is 3. The van der Waals surface area contributed by atoms with Gasteiger partial charge in [0.2, 0.25) is 0 Å². The number of methoxy groups -OCH3 is 1. The zero-order valence-corrected chi connectivity index (χ0v) is 15.6. The van der Waals surface area contributed by atoms with Gasteiger partial charge in [-0.3, -0.25) is 9.78 Å². The monoisotopic (exact) mass is 366 g/mol. The van der Waals surface area contributed by atoms with Crippen LogP contribution in [0.3, 0.4) is 0 Å². The third kappa shape index (κ3) is 4.11. The Morgan fingerprint density at radius 1 is 1.04 bits per heavy atom. The SMILES string of the molecule is CCOc1ccc(C(=O)Nc2cc(OC)cc3cccnc23)cc1OCC. The summed E-state index contributed by atoms with van der Waals surface area (Å²) >= 11 is 0. The normalized spacial score (nSPS) is 10.5. The molecule has 0 unspecified atom stereocenters. The van der Waals surface area contributed by atoms with Crippen molar-refractivity contribution in [3.8, 4) is 17.2 Å². The van der Waals surface area contributed by atoms with E-state index in [4.69, 9.17) is 14.2 Å². The van der Waals surface area contributed by atoms with Crippen molar-refractivity contribution in [3.05, 3.63) is 54.2 Å². The summed E-state index contributed by atoms with van der Waals surface area (Å²) in [6, 6.07) is 12.5. The van der Waals surface area contributed by atoms with Crippen LogP contribution in [0.4, 0.5) is 5.69 Å². The Bertz CT molecular complexity index is 956. The Balaban J connectivity index is 1.93. The van der Waals surface area contributed by atoms with E-state index in [1.807, 2.05) is 32.0 Å². The van der Waals surface area contributed by atoms with Gasteiger partial charge in [0.05, 0.1) is 31.5 Å². The Kier molecular flexibility index (Phi) is 5.76. The van der Waals surface area contributed by atoms with Crippen LogP contribution in [0.5, 0.6) is 17.2 Å². The summed E-state index contributed by atoms with van der Waals surface area (Å²) in [5.74, 6) is 1.54. The molecule has 0 saturated heterocycles. The van der Waals surface area contributed by atoms with Gasteiger partial charge in [-0.1, -0.05) is 6.07 Å². The van der Waals surface area contributed by atoms with Crippen molar-refractivity contribution in [2.24, 2.45) is 0 Å². The molecule has 0 fully saturated rings. The van der Waals surface area contributed by atoms with Crippen LogP contribution in [0.1, 0.15) is 24.2 Å². The van der Waals surface area contributed by atoms with E-state index in [0.717, 1.165) is 5.39 Å². The minimum Gasteiger partial charge on any atom is -0.497 e. The number of amides is 1. The lowest BCUT2D eigenvalue weighted by molar-refractivity contribution is 0.102. The van der Waals surface area contributed by atoms with Crippen LogP contribution in [0.15, 0.2) is 48.7 Å². The van der Waals surface area contributed by atoms with Crippen LogP contribution in [0, 0.1) is 0 Å². The lowest BCUT2D eigenvalue weighted by atomic mass is 10.1. The molecule has 0 bridgehead atoms. The molecule has 6 nitrogen and oxygen atoms in total. The molecule has 3 aromatic rings. The highest BCUT2D eigenvalue weighted by molar-refractivity contribution is 6.08. The highest BCUT2D eigenvalue weighted by Crippen LogP contribution is 2.31. The van der Waals surface area contributed by atoms with Gasteiger partial charge in [0.25, 0.3) is 5.91 Å². The second-order valence-electron chi connectivity index (χ2n) is 5.73. The van der Waals surface area contributed by atoms with Gasteiger partial charge in [0.15, 0.2) is 11.5 Å². The van der Waals surface area contributed by atoms with E-state index in [0.29, 0.717) is 47.2 Å². The Hall–Kier alpha value is -3.28. The number of hydrogen-bond acceptors (Lipinski definition) is 5. The number of carbonyl (C=O) groups excluding carboxylic acids is 1. The molecule has 1 aromatic heterocycles. The third-order valence-electron chi connectivity index (χ3n) is 3.97. The molecular formula is C21H22N2O4. The minimum absolute atomic E-state index is 0.265. The number of carbonyl (C=O) groups is 1. The lowest BCUT2D eigenvalue weighted by Crippen LogP contribution is -2.13. The fourth-order valence-electron chi connectivity index (χ4n) is 2.76. The highest BCUT2D eigenvalue weighted by Gasteiger charge is 2.14. The molecule has 0 atom stereocenters. The first kappa shape index (κ1) is 18.5. The maximum atomic E-state index is 12.8. The second kappa shape index (κ2) is 8.40. The molecule has 6 heteroatoms. The molecule has 1 heterocycles. The van der Waals surface area contributed by atoms with Crippen molar-refractivity contribution >= 4 is 22.5 Å². The molecule has 27 heavy (non-hydrogen) atoms. The summed E-state index contributed by atoms with van der Waals surface area (Å²) in [5.41, 5.74) is 1.75. The molecule has 0 aliphatic carbocycles.